The van der Waals surface area contributed by atoms with Crippen LogP contribution in [0.4, 0.5) is 0 Å². The Morgan fingerprint density at radius 2 is 1.75 bits per heavy atom. The first-order valence-corrected chi connectivity index (χ1v) is 6.88. The van der Waals surface area contributed by atoms with Gasteiger partial charge in [-0.1, -0.05) is 48.5 Å². The van der Waals surface area contributed by atoms with Gasteiger partial charge in [-0.25, -0.2) is 0 Å². The Bertz CT molecular complexity index is 609. The molecule has 3 heteroatoms. The van der Waals surface area contributed by atoms with E-state index in [-0.39, 0.29) is 6.04 Å². The topological polar surface area (TPSA) is 49.3 Å². The van der Waals surface area contributed by atoms with Crippen LogP contribution in [-0.4, -0.2) is 17.1 Å². The quantitative estimate of drug-likeness (QED) is 0.897. The Hall–Kier alpha value is -2.13. The molecule has 1 aliphatic rings. The number of carboxylic acid groups (broad SMARTS) is 1. The maximum absolute atomic E-state index is 11.0. The first-order valence-electron chi connectivity index (χ1n) is 6.88. The highest BCUT2D eigenvalue weighted by molar-refractivity contribution is 5.74. The van der Waals surface area contributed by atoms with Gasteiger partial charge >= 0.3 is 5.97 Å². The molecular weight excluding hydrogens is 250 g/mol. The standard InChI is InChI=1S/C17H17NO2/c19-17(20)16-10-9-15(18-16)14-8-4-7-13(11-14)12-5-2-1-3-6-12/h1-8,11,15-16,18H,9-10H2,(H,19,20). The van der Waals surface area contributed by atoms with Crippen LogP contribution in [0.5, 0.6) is 0 Å². The molecule has 2 aromatic rings. The molecule has 20 heavy (non-hydrogen) atoms. The number of nitrogens with one attached hydrogen (secondary N) is 1. The summed E-state index contributed by atoms with van der Waals surface area (Å²) in [6.07, 6.45) is 1.56. The lowest BCUT2D eigenvalue weighted by atomic mass is 9.99. The van der Waals surface area contributed by atoms with E-state index in [2.05, 4.69) is 35.6 Å². The predicted octanol–water partition coefficient (Wildman–Crippen LogP) is 3.23. The zero-order valence-corrected chi connectivity index (χ0v) is 11.1. The average molecular weight is 267 g/mol. The van der Waals surface area contributed by atoms with Crippen molar-refractivity contribution in [3.63, 3.8) is 0 Å². The number of carbonyl (C=O) groups is 1. The lowest BCUT2D eigenvalue weighted by Crippen LogP contribution is -2.31. The van der Waals surface area contributed by atoms with Gasteiger partial charge in [-0.2, -0.15) is 0 Å². The van der Waals surface area contributed by atoms with E-state index >= 15 is 0 Å². The molecule has 0 spiro atoms. The molecule has 0 aromatic heterocycles. The van der Waals surface area contributed by atoms with Gasteiger partial charge < -0.3 is 5.11 Å². The third kappa shape index (κ3) is 2.58. The van der Waals surface area contributed by atoms with Gasteiger partial charge in [0.25, 0.3) is 0 Å². The van der Waals surface area contributed by atoms with Crippen molar-refractivity contribution in [3.05, 3.63) is 60.2 Å². The number of hydrogen-bond donors (Lipinski definition) is 2. The monoisotopic (exact) mass is 267 g/mol. The molecule has 1 fully saturated rings. The second-order valence-electron chi connectivity index (χ2n) is 5.18. The van der Waals surface area contributed by atoms with Crippen LogP contribution in [0, 0.1) is 0 Å². The number of aliphatic carboxylic acids is 1. The Morgan fingerprint density at radius 1 is 1.00 bits per heavy atom. The Balaban J connectivity index is 1.84. The molecule has 3 rings (SSSR count). The van der Waals surface area contributed by atoms with E-state index in [1.165, 1.54) is 11.1 Å². The van der Waals surface area contributed by atoms with Crippen LogP contribution in [0.1, 0.15) is 24.4 Å². The third-order valence-corrected chi connectivity index (χ3v) is 3.84. The largest absolute Gasteiger partial charge is 0.480 e. The number of benzene rings is 2. The molecule has 102 valence electrons. The number of hydrogen-bond acceptors (Lipinski definition) is 2. The fourth-order valence-electron chi connectivity index (χ4n) is 2.77. The molecule has 0 bridgehead atoms. The third-order valence-electron chi connectivity index (χ3n) is 3.84. The summed E-state index contributed by atoms with van der Waals surface area (Å²) >= 11 is 0. The highest BCUT2D eigenvalue weighted by Gasteiger charge is 2.29. The van der Waals surface area contributed by atoms with E-state index in [0.29, 0.717) is 6.42 Å². The molecule has 0 radical (unpaired) electrons. The lowest BCUT2D eigenvalue weighted by molar-refractivity contribution is -0.139. The van der Waals surface area contributed by atoms with Gasteiger partial charge in [-0.3, -0.25) is 10.1 Å². The van der Waals surface area contributed by atoms with Crippen LogP contribution >= 0.6 is 0 Å². The predicted molar refractivity (Wildman–Crippen MR) is 78.4 cm³/mol. The Morgan fingerprint density at radius 3 is 2.45 bits per heavy atom. The van der Waals surface area contributed by atoms with Crippen LogP contribution in [0.2, 0.25) is 0 Å². The average Bonchev–Trinajstić information content (AvgIpc) is 2.98. The van der Waals surface area contributed by atoms with Crippen molar-refractivity contribution in [1.29, 1.82) is 0 Å². The molecule has 2 atom stereocenters. The van der Waals surface area contributed by atoms with Gasteiger partial charge in [0.2, 0.25) is 0 Å². The number of carboxylic acids is 1. The molecule has 1 heterocycles. The molecule has 0 aliphatic carbocycles. The minimum atomic E-state index is -0.758. The smallest absolute Gasteiger partial charge is 0.320 e. The lowest BCUT2D eigenvalue weighted by Gasteiger charge is -2.13. The van der Waals surface area contributed by atoms with Gasteiger partial charge in [-0.15, -0.1) is 0 Å². The van der Waals surface area contributed by atoms with Crippen molar-refractivity contribution in [3.8, 4) is 11.1 Å². The van der Waals surface area contributed by atoms with E-state index in [9.17, 15) is 4.79 Å². The molecule has 2 unspecified atom stereocenters. The van der Waals surface area contributed by atoms with Crippen molar-refractivity contribution in [1.82, 2.24) is 5.32 Å². The minimum Gasteiger partial charge on any atom is -0.480 e. The van der Waals surface area contributed by atoms with E-state index < -0.39 is 12.0 Å². The summed E-state index contributed by atoms with van der Waals surface area (Å²) in [5.74, 6) is -0.758. The SMILES string of the molecule is O=C(O)C1CCC(c2cccc(-c3ccccc3)c2)N1. The van der Waals surface area contributed by atoms with Crippen molar-refractivity contribution in [2.75, 3.05) is 0 Å². The van der Waals surface area contributed by atoms with Crippen molar-refractivity contribution >= 4 is 5.97 Å². The van der Waals surface area contributed by atoms with Gasteiger partial charge in [0, 0.05) is 6.04 Å². The second kappa shape index (κ2) is 5.47. The van der Waals surface area contributed by atoms with Gasteiger partial charge in [0.1, 0.15) is 6.04 Å². The summed E-state index contributed by atoms with van der Waals surface area (Å²) in [7, 11) is 0. The van der Waals surface area contributed by atoms with Crippen LogP contribution in [0.15, 0.2) is 54.6 Å². The summed E-state index contributed by atoms with van der Waals surface area (Å²) in [6, 6.07) is 18.3. The zero-order chi connectivity index (χ0) is 13.9. The zero-order valence-electron chi connectivity index (χ0n) is 11.1. The molecule has 0 amide bonds. The minimum absolute atomic E-state index is 0.139. The van der Waals surface area contributed by atoms with Crippen LogP contribution in [0.25, 0.3) is 11.1 Å². The van der Waals surface area contributed by atoms with Gasteiger partial charge in [0.15, 0.2) is 0 Å². The summed E-state index contributed by atoms with van der Waals surface area (Å²) in [5.41, 5.74) is 3.51. The molecule has 1 aliphatic heterocycles. The summed E-state index contributed by atoms with van der Waals surface area (Å²) < 4.78 is 0. The molecule has 1 saturated heterocycles. The van der Waals surface area contributed by atoms with Gasteiger partial charge in [0.05, 0.1) is 0 Å². The second-order valence-corrected chi connectivity index (χ2v) is 5.18. The fraction of sp³-hybridized carbons (Fsp3) is 0.235. The molecule has 2 N–H and O–H groups in total. The maximum atomic E-state index is 11.0. The Kier molecular flexibility index (Phi) is 3.52. The van der Waals surface area contributed by atoms with Crippen molar-refractivity contribution in [2.24, 2.45) is 0 Å². The van der Waals surface area contributed by atoms with E-state index in [1.54, 1.807) is 0 Å². The first kappa shape index (κ1) is 12.9. The van der Waals surface area contributed by atoms with Crippen LogP contribution in [0.3, 0.4) is 0 Å². The normalized spacial score (nSPS) is 21.8. The first-order chi connectivity index (χ1) is 9.74. The number of rotatable bonds is 3. The van der Waals surface area contributed by atoms with Crippen LogP contribution in [-0.2, 0) is 4.79 Å². The molecule has 2 aromatic carbocycles. The van der Waals surface area contributed by atoms with Crippen molar-refractivity contribution < 1.29 is 9.90 Å². The van der Waals surface area contributed by atoms with Crippen LogP contribution < -0.4 is 5.32 Å². The Labute approximate surface area is 118 Å². The molecule has 3 nitrogen and oxygen atoms in total. The summed E-state index contributed by atoms with van der Waals surface area (Å²) in [5, 5.41) is 12.2. The van der Waals surface area contributed by atoms with Gasteiger partial charge in [-0.05, 0) is 35.6 Å². The van der Waals surface area contributed by atoms with Crippen molar-refractivity contribution in [2.45, 2.75) is 24.9 Å². The van der Waals surface area contributed by atoms with E-state index in [1.807, 2.05) is 24.3 Å². The summed E-state index contributed by atoms with van der Waals surface area (Å²) in [4.78, 5) is 11.0. The molecular formula is C17H17NO2. The van der Waals surface area contributed by atoms with E-state index in [4.69, 9.17) is 5.11 Å². The fourth-order valence-corrected chi connectivity index (χ4v) is 2.77. The van der Waals surface area contributed by atoms with E-state index in [0.717, 1.165) is 12.0 Å². The highest BCUT2D eigenvalue weighted by atomic mass is 16.4. The summed E-state index contributed by atoms with van der Waals surface area (Å²) in [6.45, 7) is 0. The highest BCUT2D eigenvalue weighted by Crippen LogP contribution is 2.29. The maximum Gasteiger partial charge on any atom is 0.320 e. The molecule has 0 saturated carbocycles.